The average molecular weight is 1020 g/mol. The number of likely N-dealkylation sites (N-methyl/N-ethyl adjacent to an activating group) is 2. The van der Waals surface area contributed by atoms with Crippen LogP contribution in [0.15, 0.2) is 66.7 Å². The highest BCUT2D eigenvalue weighted by Gasteiger charge is 2.32. The van der Waals surface area contributed by atoms with Crippen LogP contribution >= 0.6 is 0 Å². The molecule has 0 amide bonds. The van der Waals surface area contributed by atoms with Crippen molar-refractivity contribution in [3.8, 4) is 24.2 Å². The van der Waals surface area contributed by atoms with Gasteiger partial charge in [-0.25, -0.2) is 0 Å². The minimum Gasteiger partial charge on any atom is -0.462 e. The summed E-state index contributed by atoms with van der Waals surface area (Å²) in [6.07, 6.45) is 2.50. The highest BCUT2D eigenvalue weighted by Crippen LogP contribution is 2.40. The van der Waals surface area contributed by atoms with Crippen LogP contribution < -0.4 is 30.3 Å². The number of nitrogens with zero attached hydrogens (tertiary/aromatic N) is 9. The normalized spacial score (nSPS) is 17.9. The molecule has 0 spiro atoms. The van der Waals surface area contributed by atoms with Crippen molar-refractivity contribution < 1.29 is 18.9 Å². The predicted molar refractivity (Wildman–Crippen MR) is 294 cm³/mol. The van der Waals surface area contributed by atoms with Gasteiger partial charge in [0.15, 0.2) is 0 Å². The molecule has 16 heteroatoms. The lowest BCUT2D eigenvalue weighted by molar-refractivity contribution is 0.0264. The number of aromatic nitrogens is 4. The first-order chi connectivity index (χ1) is 36.7. The van der Waals surface area contributed by atoms with Crippen LogP contribution in [0.5, 0.6) is 12.0 Å². The van der Waals surface area contributed by atoms with E-state index >= 15 is 0 Å². The first kappa shape index (κ1) is 53.3. The van der Waals surface area contributed by atoms with Gasteiger partial charge in [-0.3, -0.25) is 4.90 Å². The molecule has 6 aromatic rings. The van der Waals surface area contributed by atoms with Gasteiger partial charge >= 0.3 is 12.0 Å². The van der Waals surface area contributed by atoms with Gasteiger partial charge in [0, 0.05) is 81.9 Å². The van der Waals surface area contributed by atoms with E-state index in [1.807, 2.05) is 0 Å². The first-order valence-electron chi connectivity index (χ1n) is 27.1. The summed E-state index contributed by atoms with van der Waals surface area (Å²) in [4.78, 5) is 27.0. The number of fused-ring (bicyclic) bond motifs is 4. The number of nitriles is 2. The number of hydrogen-bond acceptors (Lipinski definition) is 16. The van der Waals surface area contributed by atoms with E-state index in [2.05, 4.69) is 151 Å². The Balaban J connectivity index is 0.932. The topological polar surface area (TPSA) is 182 Å². The van der Waals surface area contributed by atoms with Gasteiger partial charge < -0.3 is 44.7 Å². The average Bonchev–Trinajstić information content (AvgIpc) is 3.43. The van der Waals surface area contributed by atoms with Crippen LogP contribution in [0.2, 0.25) is 0 Å². The van der Waals surface area contributed by atoms with Gasteiger partial charge in [0.05, 0.1) is 61.8 Å². The zero-order valence-corrected chi connectivity index (χ0v) is 44.8. The van der Waals surface area contributed by atoms with E-state index < -0.39 is 0 Å². The van der Waals surface area contributed by atoms with Gasteiger partial charge in [-0.05, 0) is 102 Å². The number of hydrogen-bond donors (Lipinski definition) is 3. The van der Waals surface area contributed by atoms with Crippen LogP contribution in [0.4, 0.5) is 11.6 Å². The zero-order chi connectivity index (χ0) is 52.3. The first-order valence-corrected chi connectivity index (χ1v) is 27.1. The van der Waals surface area contributed by atoms with Crippen molar-refractivity contribution in [1.82, 2.24) is 40.4 Å². The second-order valence-corrected chi connectivity index (χ2v) is 20.2. The number of rotatable bonds is 23. The van der Waals surface area contributed by atoms with Crippen LogP contribution in [0.1, 0.15) is 103 Å². The largest absolute Gasteiger partial charge is 0.462 e. The zero-order valence-electron chi connectivity index (χ0n) is 44.8. The molecule has 1 fully saturated rings. The van der Waals surface area contributed by atoms with Crippen LogP contribution in [-0.2, 0) is 42.1 Å². The van der Waals surface area contributed by atoms with E-state index in [4.69, 9.17) is 38.9 Å². The molecule has 4 aromatic carbocycles. The highest BCUT2D eigenvalue weighted by atomic mass is 16.5. The molecule has 1 saturated heterocycles. The lowest BCUT2D eigenvalue weighted by atomic mass is 9.90. The number of benzene rings is 4. The lowest BCUT2D eigenvalue weighted by Crippen LogP contribution is -2.51. The van der Waals surface area contributed by atoms with Crippen LogP contribution in [0, 0.1) is 36.5 Å². The fraction of sp³-hybridized carbons (Fsp3) is 0.492. The van der Waals surface area contributed by atoms with E-state index in [1.165, 1.54) is 38.2 Å². The number of nitrogens with one attached hydrogen (secondary N) is 3. The van der Waals surface area contributed by atoms with E-state index in [0.29, 0.717) is 96.1 Å². The van der Waals surface area contributed by atoms with Crippen molar-refractivity contribution in [2.24, 2.45) is 0 Å². The van der Waals surface area contributed by atoms with Gasteiger partial charge in [-0.15, -0.1) is 0 Å². The van der Waals surface area contributed by atoms with Crippen molar-refractivity contribution in [3.63, 3.8) is 0 Å². The molecule has 3 N–H and O–H groups in total. The lowest BCUT2D eigenvalue weighted by Gasteiger charge is -2.36. The maximum absolute atomic E-state index is 9.61. The Bertz CT molecular complexity index is 3000. The molecule has 394 valence electrons. The summed E-state index contributed by atoms with van der Waals surface area (Å²) in [5.74, 6) is 1.52. The fourth-order valence-electron chi connectivity index (χ4n) is 11.0. The molecule has 5 heterocycles. The SMILES string of the molecule is CCCN[C@@H](CC#N)CNc1nc(OCCN(C)Cc2cc(C3Cc4nc(OCCN(CC)CC)nc(N5CCN[C@@H](CC#N)C5)c4CO3)c3c(C)cccc3c2)nc2c1COC(c1cccc3cccc(C)c13)C2. The van der Waals surface area contributed by atoms with Gasteiger partial charge in [0.25, 0.3) is 0 Å². The molecule has 9 rings (SSSR count). The minimum atomic E-state index is -0.244. The summed E-state index contributed by atoms with van der Waals surface area (Å²) in [5, 5.41) is 34.5. The third kappa shape index (κ3) is 12.8. The van der Waals surface area contributed by atoms with E-state index in [1.54, 1.807) is 0 Å². The quantitative estimate of drug-likeness (QED) is 0.0556. The summed E-state index contributed by atoms with van der Waals surface area (Å²) in [7, 11) is 2.11. The monoisotopic (exact) mass is 1010 g/mol. The maximum atomic E-state index is 9.61. The van der Waals surface area contributed by atoms with Crippen LogP contribution in [0.25, 0.3) is 21.5 Å². The third-order valence-electron chi connectivity index (χ3n) is 15.0. The van der Waals surface area contributed by atoms with Crippen LogP contribution in [-0.4, -0.2) is 121 Å². The van der Waals surface area contributed by atoms with Gasteiger partial charge in [0.1, 0.15) is 24.8 Å². The Morgan fingerprint density at radius 3 is 2.19 bits per heavy atom. The van der Waals surface area contributed by atoms with E-state index in [9.17, 15) is 10.5 Å². The molecule has 3 aliphatic heterocycles. The molecule has 0 saturated carbocycles. The van der Waals surface area contributed by atoms with Crippen molar-refractivity contribution in [2.45, 2.75) is 111 Å². The van der Waals surface area contributed by atoms with Crippen LogP contribution in [0.3, 0.4) is 0 Å². The van der Waals surface area contributed by atoms with Crippen molar-refractivity contribution >= 4 is 33.2 Å². The Morgan fingerprint density at radius 1 is 0.800 bits per heavy atom. The predicted octanol–water partition coefficient (Wildman–Crippen LogP) is 8.43. The van der Waals surface area contributed by atoms with Crippen molar-refractivity contribution in [2.75, 3.05) is 89.4 Å². The smallest absolute Gasteiger partial charge is 0.318 e. The Labute approximate surface area is 442 Å². The van der Waals surface area contributed by atoms with E-state index in [0.717, 1.165) is 85.1 Å². The molecule has 16 nitrogen and oxygen atoms in total. The third-order valence-corrected chi connectivity index (χ3v) is 15.0. The molecular formula is C59H74N12O4. The number of ether oxygens (including phenoxy) is 4. The molecule has 0 radical (unpaired) electrons. The molecule has 75 heavy (non-hydrogen) atoms. The molecule has 2 unspecified atom stereocenters. The fourth-order valence-corrected chi connectivity index (χ4v) is 11.0. The summed E-state index contributed by atoms with van der Waals surface area (Å²) >= 11 is 0. The summed E-state index contributed by atoms with van der Waals surface area (Å²) in [6.45, 7) is 19.9. The maximum Gasteiger partial charge on any atom is 0.318 e. The molecule has 2 aromatic heterocycles. The van der Waals surface area contributed by atoms with Gasteiger partial charge in [-0.2, -0.15) is 30.5 Å². The number of anilines is 2. The Kier molecular flexibility index (Phi) is 18.0. The standard InChI is InChI=1S/C59H74N12O4/c1-7-23-62-44(19-21-60)34-64-56-48-37-74-52(46-18-12-16-42-15-10-13-39(4)54(42)46)32-50(48)65-58(67-56)72-28-26-69(6)35-41-30-43-17-11-14-40(5)55(43)47(31-41)53-33-51-49(38-75-53)57(71-25-24-63-45(36-71)20-22-61)68-59(66-51)73-29-27-70(8-2)9-3/h10-18,30-31,44-45,52-53,62-63H,7-9,19-20,23-29,32-38H2,1-6H3,(H,64,65,67)/t44-,45-,52?,53?/m0/s1. The molecular weight excluding hydrogens is 941 g/mol. The van der Waals surface area contributed by atoms with Gasteiger partial charge in [0.2, 0.25) is 0 Å². The molecule has 3 aliphatic rings. The number of aryl methyl sites for hydroxylation is 2. The van der Waals surface area contributed by atoms with Crippen molar-refractivity contribution in [1.29, 1.82) is 10.5 Å². The Morgan fingerprint density at radius 2 is 1.47 bits per heavy atom. The molecule has 4 atom stereocenters. The summed E-state index contributed by atoms with van der Waals surface area (Å²) < 4.78 is 26.3. The molecule has 0 aliphatic carbocycles. The Hall–Kier alpha value is -6.50. The summed E-state index contributed by atoms with van der Waals surface area (Å²) in [5.41, 5.74) is 9.62. The minimum absolute atomic E-state index is 0.0383. The highest BCUT2D eigenvalue weighted by molar-refractivity contribution is 5.90. The van der Waals surface area contributed by atoms with E-state index in [-0.39, 0.29) is 24.3 Å². The number of piperazine rings is 1. The van der Waals surface area contributed by atoms with Crippen molar-refractivity contribution in [3.05, 3.63) is 117 Å². The summed E-state index contributed by atoms with van der Waals surface area (Å²) in [6, 6.07) is 29.3. The second-order valence-electron chi connectivity index (χ2n) is 20.2. The van der Waals surface area contributed by atoms with Gasteiger partial charge in [-0.1, -0.05) is 81.4 Å². The second kappa shape index (κ2) is 25.4. The molecule has 0 bridgehead atoms.